The molecule has 6 nitrogen and oxygen atoms in total. The maximum Gasteiger partial charge on any atom is 0.467 e. The lowest BCUT2D eigenvalue weighted by Crippen LogP contribution is -2.60. The smallest absolute Gasteiger partial charge is 0.467 e. The van der Waals surface area contributed by atoms with Crippen molar-refractivity contribution >= 4 is 42.9 Å². The van der Waals surface area contributed by atoms with Crippen molar-refractivity contribution in [3.05, 3.63) is 107 Å². The number of hydrogen-bond acceptors (Lipinski definition) is 6. The third-order valence-corrected chi connectivity index (χ3v) is 12.0. The summed E-state index contributed by atoms with van der Waals surface area (Å²) < 4.78 is 70.3. The summed E-state index contributed by atoms with van der Waals surface area (Å²) in [7, 11) is -5.87. The van der Waals surface area contributed by atoms with Crippen LogP contribution in [0.5, 0.6) is 0 Å². The molecular formula is C39H40F3N3O3S-2. The Kier molecular flexibility index (Phi) is 7.78. The molecule has 0 saturated heterocycles. The van der Waals surface area contributed by atoms with Gasteiger partial charge in [0.2, 0.25) is 0 Å². The largest absolute Gasteiger partial charge is 0.851 e. The summed E-state index contributed by atoms with van der Waals surface area (Å²) in [5, 5.41) is 18.5. The van der Waals surface area contributed by atoms with Gasteiger partial charge in [0, 0.05) is 46.7 Å². The molecule has 2 heterocycles. The summed E-state index contributed by atoms with van der Waals surface area (Å²) in [5.74, 6) is -2.16. The lowest BCUT2D eigenvalue weighted by atomic mass is 9.65. The molecule has 0 bridgehead atoms. The molecule has 3 unspecified atom stereocenters. The number of anilines is 2. The Labute approximate surface area is 285 Å². The van der Waals surface area contributed by atoms with Crippen LogP contribution in [0, 0.1) is 11.8 Å². The number of fused-ring (bicyclic) bond motifs is 6. The quantitative estimate of drug-likeness (QED) is 0.212. The second-order valence-corrected chi connectivity index (χ2v) is 16.0. The summed E-state index contributed by atoms with van der Waals surface area (Å²) in [4.78, 5) is 4.16. The number of likely N-dealkylation sites (N-methyl/N-ethyl adjacent to an activating group) is 2. The van der Waals surface area contributed by atoms with E-state index in [4.69, 9.17) is 0 Å². The fraction of sp³-hybridized carbons (Fsp3) is 0.385. The zero-order valence-corrected chi connectivity index (χ0v) is 29.2. The van der Waals surface area contributed by atoms with Crippen LogP contribution >= 0.6 is 0 Å². The first-order valence-corrected chi connectivity index (χ1v) is 18.2. The molecule has 3 aliphatic rings. The van der Waals surface area contributed by atoms with Gasteiger partial charge in [0.05, 0.1) is 16.1 Å². The summed E-state index contributed by atoms with van der Waals surface area (Å²) in [5.41, 5.74) is -1.23. The fourth-order valence-corrected chi connectivity index (χ4v) is 9.34. The molecule has 4 aromatic carbocycles. The van der Waals surface area contributed by atoms with Crippen molar-refractivity contribution in [2.24, 2.45) is 16.2 Å². The van der Waals surface area contributed by atoms with Gasteiger partial charge in [-0.05, 0) is 70.5 Å². The van der Waals surface area contributed by atoms with Crippen LogP contribution in [0.25, 0.3) is 21.5 Å². The molecule has 3 atom stereocenters. The molecule has 7 rings (SSSR count). The van der Waals surface area contributed by atoms with Gasteiger partial charge in [0.1, 0.15) is 0 Å². The number of hydrogen-bond donors (Lipinski definition) is 0. The van der Waals surface area contributed by atoms with E-state index in [2.05, 4.69) is 14.2 Å². The zero-order valence-electron chi connectivity index (χ0n) is 28.4. The Morgan fingerprint density at radius 2 is 1.16 bits per heavy atom. The van der Waals surface area contributed by atoms with Gasteiger partial charge >= 0.3 is 5.51 Å². The van der Waals surface area contributed by atoms with Crippen molar-refractivity contribution in [3.63, 3.8) is 0 Å². The van der Waals surface area contributed by atoms with Crippen molar-refractivity contribution < 1.29 is 27.0 Å². The average Bonchev–Trinajstić information content (AvgIpc) is 3.42. The first-order chi connectivity index (χ1) is 23.0. The second-order valence-electron chi connectivity index (χ2n) is 14.3. The minimum Gasteiger partial charge on any atom is -0.851 e. The molecule has 49 heavy (non-hydrogen) atoms. The van der Waals surface area contributed by atoms with Crippen molar-refractivity contribution in [2.45, 2.75) is 70.0 Å². The van der Waals surface area contributed by atoms with Gasteiger partial charge in [-0.3, -0.25) is 4.21 Å². The summed E-state index contributed by atoms with van der Waals surface area (Å²) >= 11 is 0. The van der Waals surface area contributed by atoms with Crippen molar-refractivity contribution in [2.75, 3.05) is 22.9 Å². The van der Waals surface area contributed by atoms with E-state index >= 15 is 0 Å². The van der Waals surface area contributed by atoms with Crippen LogP contribution < -0.4 is 14.9 Å². The van der Waals surface area contributed by atoms with E-state index < -0.39 is 50.3 Å². The van der Waals surface area contributed by atoms with Gasteiger partial charge < -0.3 is 19.5 Å². The van der Waals surface area contributed by atoms with E-state index in [9.17, 15) is 27.0 Å². The number of halogens is 3. The normalized spacial score (nSPS) is 27.0. The number of benzene rings is 4. The van der Waals surface area contributed by atoms with Crippen LogP contribution in [0.1, 0.15) is 52.7 Å². The Bertz CT molecular complexity index is 2050. The number of nitrogens with zero attached hydrogens (tertiary/aromatic N) is 3. The van der Waals surface area contributed by atoms with Crippen LogP contribution in [-0.2, 0) is 20.8 Å². The van der Waals surface area contributed by atoms with Gasteiger partial charge in [0.25, 0.3) is 0 Å². The molecule has 1 fully saturated rings. The maximum atomic E-state index is 14.3. The first kappa shape index (κ1) is 33.6. The fourth-order valence-electron chi connectivity index (χ4n) is 8.62. The minimum atomic E-state index is -5.87. The molecular weight excluding hydrogens is 648 g/mol. The maximum absolute atomic E-state index is 14.3. The number of rotatable bonds is 5. The Hall–Kier alpha value is -3.86. The molecule has 1 aliphatic carbocycles. The number of alkyl halides is 3. The highest BCUT2D eigenvalue weighted by molar-refractivity contribution is 7.88. The van der Waals surface area contributed by atoms with Crippen LogP contribution in [-0.4, -0.2) is 39.5 Å². The summed E-state index contributed by atoms with van der Waals surface area (Å²) in [6.07, 6.45) is 2.01. The molecule has 0 aromatic heterocycles. The molecule has 0 N–H and O–H groups in total. The van der Waals surface area contributed by atoms with Gasteiger partial charge in [0.15, 0.2) is 0 Å². The van der Waals surface area contributed by atoms with Crippen LogP contribution in [0.3, 0.4) is 0 Å². The minimum absolute atomic E-state index is 0.554. The average molecular weight is 688 g/mol. The van der Waals surface area contributed by atoms with E-state index in [1.165, 1.54) is 0 Å². The lowest BCUT2D eigenvalue weighted by Gasteiger charge is -2.54. The molecule has 10 heteroatoms. The van der Waals surface area contributed by atoms with Gasteiger partial charge in [-0.15, -0.1) is 6.10 Å². The summed E-state index contributed by atoms with van der Waals surface area (Å²) in [6, 6.07) is 22.8. The first-order valence-electron chi connectivity index (χ1n) is 16.8. The molecule has 1 saturated carbocycles. The van der Waals surface area contributed by atoms with E-state index in [1.54, 1.807) is 12.2 Å². The van der Waals surface area contributed by atoms with Crippen LogP contribution in [0.4, 0.5) is 24.5 Å². The van der Waals surface area contributed by atoms with E-state index in [0.29, 0.717) is 13.1 Å². The van der Waals surface area contributed by atoms with Crippen molar-refractivity contribution in [1.82, 2.24) is 0 Å². The Morgan fingerprint density at radius 3 is 1.55 bits per heavy atom. The van der Waals surface area contributed by atoms with E-state index in [0.717, 1.165) is 55.4 Å². The standard InChI is InChI=1S/C39H41F3N3O3S/c1-7-44-29-19-17-23-13-9-11-15-25(23)33(29)37(3,4)31(44)21-27-35(43-49(47,48)39(40,41)42)28(36(27)46)22-32-38(5,6)34-26-16-12-10-14-24(26)18-20-30(34)45(32)8-2/h9-22,27-28,35-36H,7-8H2,1-6H3,(H,43,47,48)/q-1/p-1/b31-21+,32-22+. The lowest BCUT2D eigenvalue weighted by molar-refractivity contribution is -0.463. The predicted molar refractivity (Wildman–Crippen MR) is 188 cm³/mol. The second kappa shape index (κ2) is 11.3. The molecule has 258 valence electrons. The number of allylic oxidation sites excluding steroid dienone is 2. The van der Waals surface area contributed by atoms with Crippen LogP contribution in [0.15, 0.2) is 101 Å². The van der Waals surface area contributed by atoms with Crippen LogP contribution in [0.2, 0.25) is 0 Å². The SMILES string of the molecule is CCN1/C(=C/C2C([O-])C(/C=C3/N(CC)c4ccc5ccccc5c4C3(C)C)C2N=S(=O)([O-])C(F)(F)F)C(C)(C)c2c1ccc1ccccc21. The zero-order chi connectivity index (χ0) is 35.3. The van der Waals surface area contributed by atoms with Gasteiger partial charge in [-0.2, -0.15) is 13.2 Å². The summed E-state index contributed by atoms with van der Waals surface area (Å²) in [6.45, 7) is 13.2. The Morgan fingerprint density at radius 1 is 0.755 bits per heavy atom. The third-order valence-electron chi connectivity index (χ3n) is 10.9. The van der Waals surface area contributed by atoms with E-state index in [-0.39, 0.29) is 0 Å². The monoisotopic (exact) mass is 687 g/mol. The van der Waals surface area contributed by atoms with Crippen molar-refractivity contribution in [1.29, 1.82) is 0 Å². The molecule has 0 amide bonds. The van der Waals surface area contributed by atoms with E-state index in [1.807, 2.05) is 114 Å². The van der Waals surface area contributed by atoms with Gasteiger partial charge in [-0.1, -0.05) is 101 Å². The third kappa shape index (κ3) is 4.93. The molecule has 0 radical (unpaired) electrons. The highest BCUT2D eigenvalue weighted by Gasteiger charge is 2.50. The van der Waals surface area contributed by atoms with Crippen molar-refractivity contribution in [3.8, 4) is 0 Å². The molecule has 2 aliphatic heterocycles. The molecule has 0 spiro atoms. The highest BCUT2D eigenvalue weighted by Crippen LogP contribution is 2.55. The van der Waals surface area contributed by atoms with Gasteiger partial charge in [-0.25, -0.2) is 4.36 Å². The highest BCUT2D eigenvalue weighted by atomic mass is 32.2. The predicted octanol–water partition coefficient (Wildman–Crippen LogP) is 8.16. The Balaban J connectivity index is 1.36. The molecule has 4 aromatic rings. The topological polar surface area (TPSA) is 82.0 Å².